The highest BCUT2D eigenvalue weighted by Crippen LogP contribution is 2.18. The standard InChI is InChI=1S/C22H33N5O6S.C21H32N6O6S.CH4/c1-2-23-22(34)24-17-5-3-16(4-6-17)11-18-12-26(14-20(30)31)8-7-25(13-19(28)29)9-10-27(18)15-21(32)33;22-14-23-21(34)24-16-3-1-15(2-4-16)9-17-10-26(12-19(30)31)6-5-25(11-18(28)29)7-8-27(17)13-20(32)33;/h3-6,18H,2,7-15H2,1H3,(H,28,29)(H,30,31)(H,32,33)(H2,23,24,34);1-4,17H,5-14,22H2,(H,28,29)(H,30,31)(H,32,33)(H2,23,24,34);1H4. The van der Waals surface area contributed by atoms with E-state index in [9.17, 15) is 59.4 Å². The van der Waals surface area contributed by atoms with E-state index in [1.54, 1.807) is 29.4 Å². The molecule has 2 aliphatic heterocycles. The van der Waals surface area contributed by atoms with Crippen LogP contribution in [0.15, 0.2) is 48.5 Å². The monoisotopic (exact) mass is 1010 g/mol. The molecule has 0 aromatic heterocycles. The number of carboxylic acids is 6. The fourth-order valence-electron chi connectivity index (χ4n) is 7.82. The topological polar surface area (TPSA) is 317 Å². The highest BCUT2D eigenvalue weighted by molar-refractivity contribution is 7.80. The molecule has 2 aromatic rings. The average molecular weight is 1010 g/mol. The first-order valence-corrected chi connectivity index (χ1v) is 22.8. The first-order valence-electron chi connectivity index (χ1n) is 22.0. The molecule has 0 amide bonds. The Bertz CT molecular complexity index is 1850. The molecule has 2 aliphatic rings. The van der Waals surface area contributed by atoms with Gasteiger partial charge in [0.15, 0.2) is 10.2 Å². The fraction of sp³-hybridized carbons (Fsp3) is 0.545. The van der Waals surface area contributed by atoms with Crippen molar-refractivity contribution in [2.75, 3.05) is 129 Å². The SMILES string of the molecule is C.CCNC(=S)Nc1ccc(CC2CN(CC(=O)O)CCN(CC(=O)O)CCN2CC(=O)O)cc1.NCNC(=S)Nc1ccc(CC2CN(CC(=O)O)CCN(CC(=O)O)CCN2CC(=O)O)cc1. The molecule has 2 unspecified atom stereocenters. The maximum atomic E-state index is 11.6. The second kappa shape index (κ2) is 31.5. The van der Waals surface area contributed by atoms with Crippen molar-refractivity contribution < 1.29 is 59.4 Å². The number of hydrogen-bond donors (Lipinski definition) is 11. The van der Waals surface area contributed by atoms with Crippen LogP contribution >= 0.6 is 24.4 Å². The highest BCUT2D eigenvalue weighted by Gasteiger charge is 2.30. The molecule has 25 heteroatoms. The van der Waals surface area contributed by atoms with Gasteiger partial charge in [0.05, 0.1) is 45.9 Å². The van der Waals surface area contributed by atoms with Crippen molar-refractivity contribution in [1.29, 1.82) is 0 Å². The fourth-order valence-corrected chi connectivity index (χ4v) is 8.28. The minimum absolute atomic E-state index is 0. The van der Waals surface area contributed by atoms with E-state index < -0.39 is 35.8 Å². The zero-order valence-corrected chi connectivity index (χ0v) is 39.8. The van der Waals surface area contributed by atoms with Crippen LogP contribution in [0.5, 0.6) is 0 Å². The second-order valence-electron chi connectivity index (χ2n) is 16.3. The van der Waals surface area contributed by atoms with Crippen molar-refractivity contribution in [1.82, 2.24) is 40.0 Å². The molecule has 0 spiro atoms. The number of carboxylic acid groups (broad SMARTS) is 6. The molecule has 0 radical (unpaired) electrons. The number of benzene rings is 2. The van der Waals surface area contributed by atoms with Crippen LogP contribution in [0.2, 0.25) is 0 Å². The zero-order chi connectivity index (χ0) is 50.2. The van der Waals surface area contributed by atoms with Gasteiger partial charge in [0.2, 0.25) is 0 Å². The smallest absolute Gasteiger partial charge is 0.317 e. The molecular formula is C44H69N11O12S2. The van der Waals surface area contributed by atoms with E-state index in [0.29, 0.717) is 95.1 Å². The van der Waals surface area contributed by atoms with Gasteiger partial charge in [-0.2, -0.15) is 0 Å². The van der Waals surface area contributed by atoms with Crippen molar-refractivity contribution in [3.05, 3.63) is 59.7 Å². The number of nitrogens with one attached hydrogen (secondary N) is 4. The molecule has 384 valence electrons. The number of hydrogen-bond acceptors (Lipinski definition) is 15. The van der Waals surface area contributed by atoms with Crippen molar-refractivity contribution in [3.63, 3.8) is 0 Å². The van der Waals surface area contributed by atoms with Crippen molar-refractivity contribution in [2.45, 2.75) is 39.3 Å². The Morgan fingerprint density at radius 2 is 0.812 bits per heavy atom. The van der Waals surface area contributed by atoms with E-state index in [4.69, 9.17) is 30.2 Å². The van der Waals surface area contributed by atoms with Gasteiger partial charge in [-0.05, 0) is 79.6 Å². The Hall–Kier alpha value is -5.64. The molecule has 2 atom stereocenters. The van der Waals surface area contributed by atoms with Crippen LogP contribution in [0, 0.1) is 0 Å². The highest BCUT2D eigenvalue weighted by atomic mass is 32.1. The maximum absolute atomic E-state index is 11.6. The normalized spacial score (nSPS) is 18.1. The lowest BCUT2D eigenvalue weighted by Gasteiger charge is -2.33. The molecule has 0 saturated carbocycles. The minimum Gasteiger partial charge on any atom is -0.480 e. The van der Waals surface area contributed by atoms with E-state index in [-0.39, 0.29) is 65.4 Å². The van der Waals surface area contributed by atoms with Gasteiger partial charge < -0.3 is 57.6 Å². The average Bonchev–Trinajstić information content (AvgIpc) is 3.35. The Morgan fingerprint density at radius 3 is 1.13 bits per heavy atom. The molecule has 2 fully saturated rings. The van der Waals surface area contributed by atoms with Gasteiger partial charge in [-0.15, -0.1) is 0 Å². The molecule has 0 aliphatic carbocycles. The number of nitrogens with zero attached hydrogens (tertiary/aromatic N) is 6. The van der Waals surface area contributed by atoms with Crippen LogP contribution in [-0.4, -0.2) is 236 Å². The third kappa shape index (κ3) is 24.5. The van der Waals surface area contributed by atoms with E-state index in [0.717, 1.165) is 22.5 Å². The summed E-state index contributed by atoms with van der Waals surface area (Å²) >= 11 is 10.3. The van der Waals surface area contributed by atoms with Crippen molar-refractivity contribution >= 4 is 81.9 Å². The number of anilines is 2. The summed E-state index contributed by atoms with van der Waals surface area (Å²) < 4.78 is 0. The number of nitrogens with two attached hydrogens (primary N) is 1. The lowest BCUT2D eigenvalue weighted by molar-refractivity contribution is -0.140. The summed E-state index contributed by atoms with van der Waals surface area (Å²) in [5.74, 6) is -5.94. The molecule has 4 rings (SSSR count). The summed E-state index contributed by atoms with van der Waals surface area (Å²) in [7, 11) is 0. The largest absolute Gasteiger partial charge is 0.480 e. The Kier molecular flexibility index (Phi) is 27.1. The number of thiocarbonyl (C=S) groups is 2. The summed E-state index contributed by atoms with van der Waals surface area (Å²) in [5.41, 5.74) is 8.91. The van der Waals surface area contributed by atoms with Crippen LogP contribution < -0.4 is 27.0 Å². The van der Waals surface area contributed by atoms with Gasteiger partial charge >= 0.3 is 35.8 Å². The van der Waals surface area contributed by atoms with Gasteiger partial charge in [-0.1, -0.05) is 31.7 Å². The van der Waals surface area contributed by atoms with Crippen LogP contribution in [0.3, 0.4) is 0 Å². The first kappa shape index (κ1) is 59.5. The summed E-state index contributed by atoms with van der Waals surface area (Å²) in [6.45, 7) is 5.28. The summed E-state index contributed by atoms with van der Waals surface area (Å²) in [5, 5.41) is 68.9. The zero-order valence-electron chi connectivity index (χ0n) is 38.1. The van der Waals surface area contributed by atoms with Crippen LogP contribution in [0.25, 0.3) is 0 Å². The predicted octanol–water partition coefficient (Wildman–Crippen LogP) is -0.313. The van der Waals surface area contributed by atoms with Gasteiger partial charge in [0, 0.05) is 95.5 Å². The number of carbonyl (C=O) groups is 6. The van der Waals surface area contributed by atoms with E-state index in [1.807, 2.05) is 55.5 Å². The molecule has 2 saturated heterocycles. The Labute approximate surface area is 413 Å². The van der Waals surface area contributed by atoms with Crippen LogP contribution in [0.4, 0.5) is 11.4 Å². The van der Waals surface area contributed by atoms with Crippen LogP contribution in [-0.2, 0) is 41.6 Å². The third-order valence-corrected chi connectivity index (χ3v) is 11.4. The molecule has 2 aromatic carbocycles. The summed E-state index contributed by atoms with van der Waals surface area (Å²) in [6, 6.07) is 14.6. The lowest BCUT2D eigenvalue weighted by Crippen LogP contribution is -2.49. The molecular weight excluding hydrogens is 939 g/mol. The van der Waals surface area contributed by atoms with E-state index in [1.165, 1.54) is 0 Å². The number of aliphatic carboxylic acids is 6. The van der Waals surface area contributed by atoms with Gasteiger partial charge in [-0.3, -0.25) is 58.2 Å². The summed E-state index contributed by atoms with van der Waals surface area (Å²) in [6.07, 6.45) is 1.01. The maximum Gasteiger partial charge on any atom is 0.317 e. The number of rotatable bonds is 20. The lowest BCUT2D eigenvalue weighted by atomic mass is 10.0. The quantitative estimate of drug-likeness (QED) is 0.0599. The summed E-state index contributed by atoms with van der Waals surface area (Å²) in [4.78, 5) is 78.9. The Balaban J connectivity index is 0.000000467. The minimum atomic E-state index is -1.00. The van der Waals surface area contributed by atoms with Gasteiger partial charge in [-0.25, -0.2) is 0 Å². The molecule has 23 nitrogen and oxygen atoms in total. The van der Waals surface area contributed by atoms with Gasteiger partial charge in [0.1, 0.15) is 0 Å². The first-order chi connectivity index (χ1) is 32.3. The van der Waals surface area contributed by atoms with Crippen LogP contribution in [0.1, 0.15) is 25.5 Å². The molecule has 12 N–H and O–H groups in total. The van der Waals surface area contributed by atoms with Crippen molar-refractivity contribution in [2.24, 2.45) is 5.73 Å². The van der Waals surface area contributed by atoms with E-state index >= 15 is 0 Å². The third-order valence-electron chi connectivity index (χ3n) is 10.9. The molecule has 0 bridgehead atoms. The van der Waals surface area contributed by atoms with Crippen molar-refractivity contribution in [3.8, 4) is 0 Å². The molecule has 69 heavy (non-hydrogen) atoms. The van der Waals surface area contributed by atoms with Gasteiger partial charge in [0.25, 0.3) is 0 Å². The van der Waals surface area contributed by atoms with E-state index in [2.05, 4.69) is 21.3 Å². The predicted molar refractivity (Wildman–Crippen MR) is 268 cm³/mol. The molecule has 2 heterocycles. The second-order valence-corrected chi connectivity index (χ2v) is 17.1. The Morgan fingerprint density at radius 1 is 0.507 bits per heavy atom.